The average molecular weight is 533 g/mol. The molecule has 10 nitrogen and oxygen atoms in total. The highest BCUT2D eigenvalue weighted by Crippen LogP contribution is 2.11. The number of nitrogens with one attached hydrogen (secondary N) is 2. The fraction of sp³-hybridized carbons (Fsp3) is 0.423. The zero-order chi connectivity index (χ0) is 27.6. The first kappa shape index (κ1) is 29.6. The standard InChI is InChI=1S/C26H36N4O6S/c1-18-8-12-20(13-9-18)17-35-23(31)22(29-25(32)36-26(3,4)5)7-6-16-28-24(27)30-37(33,34)21-14-10-19(2)11-15-21/h8-15,22H,6-7,16-17H2,1-5H3,(H,29,32)(H3,27,28,30)/t22-/m0/s1. The minimum Gasteiger partial charge on any atom is -0.459 e. The van der Waals surface area contributed by atoms with Crippen LogP contribution in [0.3, 0.4) is 0 Å². The van der Waals surface area contributed by atoms with E-state index in [-0.39, 0.29) is 30.4 Å². The lowest BCUT2D eigenvalue weighted by Crippen LogP contribution is -2.44. The molecular formula is C26H36N4O6S. The Kier molecular flexibility index (Phi) is 10.5. The van der Waals surface area contributed by atoms with Gasteiger partial charge in [0, 0.05) is 6.54 Å². The summed E-state index contributed by atoms with van der Waals surface area (Å²) in [6.45, 7) is 9.12. The lowest BCUT2D eigenvalue weighted by atomic mass is 10.1. The molecule has 0 aliphatic heterocycles. The molecule has 0 aromatic heterocycles. The van der Waals surface area contributed by atoms with E-state index in [0.717, 1.165) is 16.7 Å². The number of guanidine groups is 1. The highest BCUT2D eigenvalue weighted by atomic mass is 32.2. The predicted octanol–water partition coefficient (Wildman–Crippen LogP) is 3.31. The van der Waals surface area contributed by atoms with Crippen molar-refractivity contribution in [3.8, 4) is 0 Å². The van der Waals surface area contributed by atoms with E-state index in [1.54, 1.807) is 32.9 Å². The first-order chi connectivity index (χ1) is 17.2. The van der Waals surface area contributed by atoms with Gasteiger partial charge in [-0.2, -0.15) is 0 Å². The van der Waals surface area contributed by atoms with Crippen molar-refractivity contribution in [2.24, 2.45) is 10.7 Å². The zero-order valence-corrected chi connectivity index (χ0v) is 22.7. The summed E-state index contributed by atoms with van der Waals surface area (Å²) in [6.07, 6.45) is -0.265. The van der Waals surface area contributed by atoms with Gasteiger partial charge in [-0.1, -0.05) is 47.5 Å². The Balaban J connectivity index is 1.96. The molecule has 2 aromatic carbocycles. The number of ether oxygens (including phenoxy) is 2. The van der Waals surface area contributed by atoms with Gasteiger partial charge >= 0.3 is 12.1 Å². The van der Waals surface area contributed by atoms with Gasteiger partial charge in [0.05, 0.1) is 4.90 Å². The van der Waals surface area contributed by atoms with Crippen LogP contribution in [0, 0.1) is 13.8 Å². The molecule has 0 saturated heterocycles. The van der Waals surface area contributed by atoms with E-state index in [1.807, 2.05) is 38.1 Å². The van der Waals surface area contributed by atoms with Gasteiger partial charge in [-0.3, -0.25) is 4.99 Å². The SMILES string of the molecule is Cc1ccc(COC(=O)[C@H](CCCN=C(N)NS(=O)(=O)c2ccc(C)cc2)NC(=O)OC(C)(C)C)cc1. The Morgan fingerprint density at radius 2 is 1.57 bits per heavy atom. The number of amides is 1. The summed E-state index contributed by atoms with van der Waals surface area (Å²) in [5.41, 5.74) is 7.83. The predicted molar refractivity (Wildman–Crippen MR) is 141 cm³/mol. The molecule has 1 atom stereocenters. The smallest absolute Gasteiger partial charge is 0.408 e. The summed E-state index contributed by atoms with van der Waals surface area (Å²) in [5, 5.41) is 2.54. The molecule has 0 aliphatic carbocycles. The molecule has 1 amide bonds. The molecule has 0 bridgehead atoms. The Hall–Kier alpha value is -3.60. The largest absolute Gasteiger partial charge is 0.459 e. The Bertz CT molecular complexity index is 1190. The van der Waals surface area contributed by atoms with E-state index in [4.69, 9.17) is 15.2 Å². The number of rotatable bonds is 10. The van der Waals surface area contributed by atoms with E-state index in [9.17, 15) is 18.0 Å². The normalized spacial score (nSPS) is 12.9. The molecule has 2 aromatic rings. The number of carbonyl (C=O) groups excluding carboxylic acids is 2. The summed E-state index contributed by atoms with van der Waals surface area (Å²) in [4.78, 5) is 29.1. The molecule has 0 fully saturated rings. The summed E-state index contributed by atoms with van der Waals surface area (Å²) < 4.78 is 37.7. The topological polar surface area (TPSA) is 149 Å². The van der Waals surface area contributed by atoms with E-state index in [1.165, 1.54) is 12.1 Å². The molecule has 0 saturated carbocycles. The quantitative estimate of drug-likeness (QED) is 0.184. The van der Waals surface area contributed by atoms with Crippen molar-refractivity contribution < 1.29 is 27.5 Å². The summed E-state index contributed by atoms with van der Waals surface area (Å²) in [7, 11) is -3.87. The number of sulfonamides is 1. The van der Waals surface area contributed by atoms with Crippen LogP contribution in [0.5, 0.6) is 0 Å². The maximum atomic E-state index is 12.7. The number of aryl methyl sites for hydroxylation is 2. The fourth-order valence-electron chi connectivity index (χ4n) is 3.08. The molecule has 2 rings (SSSR count). The van der Waals surface area contributed by atoms with Crippen LogP contribution in [0.25, 0.3) is 0 Å². The third-order valence-corrected chi connectivity index (χ3v) is 6.35. The number of carbonyl (C=O) groups is 2. The number of nitrogens with zero attached hydrogens (tertiary/aromatic N) is 1. The van der Waals surface area contributed by atoms with Crippen molar-refractivity contribution in [1.82, 2.24) is 10.0 Å². The van der Waals surface area contributed by atoms with Crippen LogP contribution in [0.1, 0.15) is 50.3 Å². The number of hydrogen-bond donors (Lipinski definition) is 3. The van der Waals surface area contributed by atoms with Gasteiger partial charge in [0.2, 0.25) is 5.96 Å². The molecule has 11 heteroatoms. The molecule has 202 valence electrons. The second kappa shape index (κ2) is 13.1. The first-order valence-electron chi connectivity index (χ1n) is 11.9. The Morgan fingerprint density at radius 3 is 2.14 bits per heavy atom. The maximum absolute atomic E-state index is 12.7. The third kappa shape index (κ3) is 10.9. The Morgan fingerprint density at radius 1 is 1.00 bits per heavy atom. The fourth-order valence-corrected chi connectivity index (χ4v) is 4.03. The maximum Gasteiger partial charge on any atom is 0.408 e. The van der Waals surface area contributed by atoms with Gasteiger partial charge in [-0.15, -0.1) is 0 Å². The molecule has 4 N–H and O–H groups in total. The number of esters is 1. The molecular weight excluding hydrogens is 496 g/mol. The third-order valence-electron chi connectivity index (χ3n) is 4.98. The second-order valence-corrected chi connectivity index (χ2v) is 11.3. The lowest BCUT2D eigenvalue weighted by Gasteiger charge is -2.23. The highest BCUT2D eigenvalue weighted by Gasteiger charge is 2.25. The molecule has 0 aliphatic rings. The second-order valence-electron chi connectivity index (χ2n) is 9.62. The van der Waals surface area contributed by atoms with Crippen LogP contribution in [0.4, 0.5) is 4.79 Å². The molecule has 0 radical (unpaired) electrons. The van der Waals surface area contributed by atoms with Crippen LogP contribution in [0.15, 0.2) is 58.4 Å². The van der Waals surface area contributed by atoms with Gasteiger partial charge < -0.3 is 20.5 Å². The van der Waals surface area contributed by atoms with Crippen molar-refractivity contribution in [2.45, 2.75) is 70.6 Å². The van der Waals surface area contributed by atoms with E-state index in [2.05, 4.69) is 15.0 Å². The van der Waals surface area contributed by atoms with Crippen LogP contribution >= 0.6 is 0 Å². The van der Waals surface area contributed by atoms with Crippen molar-refractivity contribution >= 4 is 28.0 Å². The molecule has 0 unspecified atom stereocenters. The number of aliphatic imine (C=N–C) groups is 1. The van der Waals surface area contributed by atoms with Crippen LogP contribution in [-0.4, -0.2) is 44.6 Å². The van der Waals surface area contributed by atoms with Gasteiger partial charge in [-0.05, 0) is 65.2 Å². The molecule has 0 heterocycles. The number of alkyl carbamates (subject to hydrolysis) is 1. The number of benzene rings is 2. The minimum atomic E-state index is -3.87. The van der Waals surface area contributed by atoms with Crippen LogP contribution in [0.2, 0.25) is 0 Å². The van der Waals surface area contributed by atoms with Crippen molar-refractivity contribution in [2.75, 3.05) is 6.54 Å². The summed E-state index contributed by atoms with van der Waals surface area (Å²) in [6, 6.07) is 12.8. The van der Waals surface area contributed by atoms with Crippen molar-refractivity contribution in [3.63, 3.8) is 0 Å². The van der Waals surface area contributed by atoms with E-state index < -0.39 is 33.7 Å². The molecule has 0 spiro atoms. The van der Waals surface area contributed by atoms with E-state index in [0.29, 0.717) is 6.42 Å². The number of hydrogen-bond acceptors (Lipinski definition) is 7. The molecule has 37 heavy (non-hydrogen) atoms. The van der Waals surface area contributed by atoms with Crippen LogP contribution < -0.4 is 15.8 Å². The van der Waals surface area contributed by atoms with E-state index >= 15 is 0 Å². The number of nitrogens with two attached hydrogens (primary N) is 1. The first-order valence-corrected chi connectivity index (χ1v) is 13.3. The van der Waals surface area contributed by atoms with Crippen molar-refractivity contribution in [1.29, 1.82) is 0 Å². The average Bonchev–Trinajstić information content (AvgIpc) is 2.79. The van der Waals surface area contributed by atoms with Gasteiger partial charge in [0.25, 0.3) is 10.0 Å². The van der Waals surface area contributed by atoms with Crippen molar-refractivity contribution in [3.05, 3.63) is 65.2 Å². The minimum absolute atomic E-state index is 0.0531. The van der Waals surface area contributed by atoms with Gasteiger partial charge in [0.15, 0.2) is 0 Å². The zero-order valence-electron chi connectivity index (χ0n) is 21.9. The Labute approximate surface area is 218 Å². The summed E-state index contributed by atoms with van der Waals surface area (Å²) in [5.74, 6) is -0.900. The lowest BCUT2D eigenvalue weighted by molar-refractivity contribution is -0.147. The van der Waals surface area contributed by atoms with Gasteiger partial charge in [0.1, 0.15) is 18.2 Å². The monoisotopic (exact) mass is 532 g/mol. The van der Waals surface area contributed by atoms with Crippen LogP contribution in [-0.2, 0) is 30.9 Å². The van der Waals surface area contributed by atoms with Gasteiger partial charge in [-0.25, -0.2) is 22.7 Å². The highest BCUT2D eigenvalue weighted by molar-refractivity contribution is 7.90. The summed E-state index contributed by atoms with van der Waals surface area (Å²) >= 11 is 0.